The fourth-order valence-corrected chi connectivity index (χ4v) is 2.13. The van der Waals surface area contributed by atoms with Gasteiger partial charge in [-0.25, -0.2) is 0 Å². The van der Waals surface area contributed by atoms with E-state index < -0.39 is 0 Å². The molecule has 0 amide bonds. The van der Waals surface area contributed by atoms with Crippen molar-refractivity contribution in [3.05, 3.63) is 20.3 Å². The molecule has 0 saturated heterocycles. The van der Waals surface area contributed by atoms with Gasteiger partial charge < -0.3 is 5.11 Å². The first-order valence-electron chi connectivity index (χ1n) is 2.59. The van der Waals surface area contributed by atoms with Crippen LogP contribution in [0.3, 0.4) is 0 Å². The van der Waals surface area contributed by atoms with E-state index in [2.05, 4.69) is 15.9 Å². The summed E-state index contributed by atoms with van der Waals surface area (Å²) in [6, 6.07) is 0. The molecule has 9 heavy (non-hydrogen) atoms. The summed E-state index contributed by atoms with van der Waals surface area (Å²) in [5, 5.41) is 10.8. The molecule has 0 spiro atoms. The molecule has 0 saturated carbocycles. The third kappa shape index (κ3) is 1.34. The third-order valence-electron chi connectivity index (χ3n) is 1.21. The van der Waals surface area contributed by atoms with Crippen molar-refractivity contribution in [3.63, 3.8) is 0 Å². The summed E-state index contributed by atoms with van der Waals surface area (Å²) in [6.07, 6.45) is 0. The van der Waals surface area contributed by atoms with Crippen LogP contribution in [-0.2, 0) is 6.61 Å². The van der Waals surface area contributed by atoms with Gasteiger partial charge in [-0.2, -0.15) is 0 Å². The predicted octanol–water partition coefficient (Wildman–Crippen LogP) is 2.31. The van der Waals surface area contributed by atoms with Crippen LogP contribution < -0.4 is 0 Å². The third-order valence-corrected chi connectivity index (χ3v) is 3.17. The molecule has 0 unspecified atom stereocenters. The number of thiophene rings is 1. The fraction of sp³-hybridized carbons (Fsp3) is 0.333. The van der Waals surface area contributed by atoms with Crippen molar-refractivity contribution in [2.75, 3.05) is 0 Å². The maximum absolute atomic E-state index is 8.76. The van der Waals surface area contributed by atoms with Crippen molar-refractivity contribution in [2.24, 2.45) is 0 Å². The molecule has 1 nitrogen and oxygen atoms in total. The van der Waals surface area contributed by atoms with Gasteiger partial charge in [-0.15, -0.1) is 11.3 Å². The van der Waals surface area contributed by atoms with Crippen molar-refractivity contribution in [1.29, 1.82) is 0 Å². The number of hydrogen-bond donors (Lipinski definition) is 1. The molecule has 0 aliphatic rings. The van der Waals surface area contributed by atoms with Gasteiger partial charge in [-0.3, -0.25) is 0 Å². The number of halogens is 1. The number of aliphatic hydroxyl groups is 1. The summed E-state index contributed by atoms with van der Waals surface area (Å²) in [6.45, 7) is 2.13. The predicted molar refractivity (Wildman–Crippen MR) is 42.7 cm³/mol. The molecule has 0 aliphatic heterocycles. The van der Waals surface area contributed by atoms with Gasteiger partial charge in [0, 0.05) is 5.56 Å². The van der Waals surface area contributed by atoms with Gasteiger partial charge >= 0.3 is 0 Å². The fourth-order valence-electron chi connectivity index (χ4n) is 0.624. The van der Waals surface area contributed by atoms with E-state index in [1.165, 1.54) is 0 Å². The molecular formula is C6H7BrOS. The number of aryl methyl sites for hydroxylation is 1. The Bertz CT molecular complexity index is 187. The van der Waals surface area contributed by atoms with Crippen LogP contribution >= 0.6 is 27.3 Å². The normalized spacial score (nSPS) is 10.1. The topological polar surface area (TPSA) is 20.2 Å². The van der Waals surface area contributed by atoms with Crippen LogP contribution in [0.15, 0.2) is 9.17 Å². The second-order valence-electron chi connectivity index (χ2n) is 1.83. The maximum atomic E-state index is 8.76. The molecule has 0 aliphatic carbocycles. The lowest BCUT2D eigenvalue weighted by Gasteiger charge is -1.91. The lowest BCUT2D eigenvalue weighted by molar-refractivity contribution is 0.281. The van der Waals surface area contributed by atoms with Gasteiger partial charge in [0.1, 0.15) is 0 Å². The Morgan fingerprint density at radius 1 is 1.78 bits per heavy atom. The Morgan fingerprint density at radius 2 is 2.44 bits per heavy atom. The second kappa shape index (κ2) is 2.82. The van der Waals surface area contributed by atoms with Gasteiger partial charge in [0.25, 0.3) is 0 Å². The summed E-state index contributed by atoms with van der Waals surface area (Å²) >= 11 is 4.95. The Labute approximate surface area is 66.5 Å². The lowest BCUT2D eigenvalue weighted by Crippen LogP contribution is -1.81. The smallest absolute Gasteiger partial charge is 0.0756 e. The average molecular weight is 207 g/mol. The Morgan fingerprint density at radius 3 is 2.67 bits per heavy atom. The van der Waals surface area contributed by atoms with Gasteiger partial charge in [0.05, 0.1) is 10.4 Å². The molecule has 0 aromatic carbocycles. The Kier molecular flexibility index (Phi) is 2.27. The highest BCUT2D eigenvalue weighted by Gasteiger charge is 2.02. The molecule has 1 aromatic rings. The van der Waals surface area contributed by atoms with E-state index in [1.54, 1.807) is 11.3 Å². The van der Waals surface area contributed by atoms with Crippen molar-refractivity contribution in [1.82, 2.24) is 0 Å². The summed E-state index contributed by atoms with van der Waals surface area (Å²) < 4.78 is 1.04. The highest BCUT2D eigenvalue weighted by atomic mass is 79.9. The van der Waals surface area contributed by atoms with Crippen LogP contribution in [0.4, 0.5) is 0 Å². The summed E-state index contributed by atoms with van der Waals surface area (Å²) in [4.78, 5) is 0. The van der Waals surface area contributed by atoms with E-state index in [4.69, 9.17) is 5.11 Å². The zero-order valence-electron chi connectivity index (χ0n) is 5.02. The Hall–Kier alpha value is 0.140. The first-order chi connectivity index (χ1) is 4.25. The van der Waals surface area contributed by atoms with Crippen LogP contribution in [0.1, 0.15) is 11.1 Å². The van der Waals surface area contributed by atoms with E-state index in [0.29, 0.717) is 0 Å². The van der Waals surface area contributed by atoms with E-state index >= 15 is 0 Å². The number of hydrogen-bond acceptors (Lipinski definition) is 2. The highest BCUT2D eigenvalue weighted by Crippen LogP contribution is 2.27. The standard InChI is InChI=1S/C6H7BrOS/c1-4-3-9-6(7)5(4)2-8/h3,8H,2H2,1H3. The van der Waals surface area contributed by atoms with Crippen LogP contribution in [0.5, 0.6) is 0 Å². The van der Waals surface area contributed by atoms with Gasteiger partial charge in [0.2, 0.25) is 0 Å². The van der Waals surface area contributed by atoms with Gasteiger partial charge in [-0.05, 0) is 33.8 Å². The summed E-state index contributed by atoms with van der Waals surface area (Å²) in [5.41, 5.74) is 2.18. The second-order valence-corrected chi connectivity index (χ2v) is 4.03. The van der Waals surface area contributed by atoms with E-state index in [-0.39, 0.29) is 6.61 Å². The van der Waals surface area contributed by atoms with Crippen molar-refractivity contribution >= 4 is 27.3 Å². The quantitative estimate of drug-likeness (QED) is 0.749. The molecule has 1 heterocycles. The van der Waals surface area contributed by atoms with Crippen molar-refractivity contribution < 1.29 is 5.11 Å². The summed E-state index contributed by atoms with van der Waals surface area (Å²) in [5.74, 6) is 0. The molecule has 50 valence electrons. The molecule has 1 rings (SSSR count). The number of aliphatic hydroxyl groups excluding tert-OH is 1. The molecule has 3 heteroatoms. The average Bonchev–Trinajstić information content (AvgIpc) is 2.12. The van der Waals surface area contributed by atoms with Crippen LogP contribution in [0.25, 0.3) is 0 Å². The van der Waals surface area contributed by atoms with Gasteiger partial charge in [-0.1, -0.05) is 0 Å². The van der Waals surface area contributed by atoms with Crippen LogP contribution in [0, 0.1) is 6.92 Å². The molecule has 0 radical (unpaired) electrons. The van der Waals surface area contributed by atoms with Crippen molar-refractivity contribution in [3.8, 4) is 0 Å². The van der Waals surface area contributed by atoms with E-state index in [0.717, 1.165) is 14.9 Å². The van der Waals surface area contributed by atoms with E-state index in [1.807, 2.05) is 12.3 Å². The lowest BCUT2D eigenvalue weighted by atomic mass is 10.2. The molecule has 0 bridgehead atoms. The largest absolute Gasteiger partial charge is 0.392 e. The minimum Gasteiger partial charge on any atom is -0.392 e. The minimum absolute atomic E-state index is 0.135. The Balaban J connectivity index is 3.07. The molecule has 1 N–H and O–H groups in total. The van der Waals surface area contributed by atoms with E-state index in [9.17, 15) is 0 Å². The van der Waals surface area contributed by atoms with Crippen LogP contribution in [-0.4, -0.2) is 5.11 Å². The SMILES string of the molecule is Cc1csc(Br)c1CO. The number of rotatable bonds is 1. The molecular weight excluding hydrogens is 200 g/mol. The first kappa shape index (κ1) is 7.25. The maximum Gasteiger partial charge on any atom is 0.0756 e. The highest BCUT2D eigenvalue weighted by molar-refractivity contribution is 9.11. The molecule has 0 atom stereocenters. The summed E-state index contributed by atoms with van der Waals surface area (Å²) in [7, 11) is 0. The van der Waals surface area contributed by atoms with Crippen LogP contribution in [0.2, 0.25) is 0 Å². The zero-order chi connectivity index (χ0) is 6.85. The zero-order valence-corrected chi connectivity index (χ0v) is 7.42. The van der Waals surface area contributed by atoms with Gasteiger partial charge in [0.15, 0.2) is 0 Å². The minimum atomic E-state index is 0.135. The first-order valence-corrected chi connectivity index (χ1v) is 4.26. The van der Waals surface area contributed by atoms with Crippen molar-refractivity contribution in [2.45, 2.75) is 13.5 Å². The monoisotopic (exact) mass is 206 g/mol. The molecule has 0 fully saturated rings. The molecule has 1 aromatic heterocycles.